The molecule has 3 rings (SSSR count). The molecule has 3 aromatic rings. The van der Waals surface area contributed by atoms with Gasteiger partial charge in [-0.25, -0.2) is 4.98 Å². The zero-order valence-electron chi connectivity index (χ0n) is 11.0. The van der Waals surface area contributed by atoms with E-state index < -0.39 is 0 Å². The van der Waals surface area contributed by atoms with E-state index in [1.807, 2.05) is 30.5 Å². The Bertz CT molecular complexity index is 678. The summed E-state index contributed by atoms with van der Waals surface area (Å²) >= 11 is 1.74. The molecular formula is C14H14N4OS. The van der Waals surface area contributed by atoms with Gasteiger partial charge in [0.15, 0.2) is 0 Å². The van der Waals surface area contributed by atoms with Gasteiger partial charge < -0.3 is 9.73 Å². The molecule has 20 heavy (non-hydrogen) atoms. The molecular weight excluding hydrogens is 272 g/mol. The van der Waals surface area contributed by atoms with Crippen LogP contribution in [0.3, 0.4) is 0 Å². The Balaban J connectivity index is 1.70. The highest BCUT2D eigenvalue weighted by Crippen LogP contribution is 2.21. The van der Waals surface area contributed by atoms with Crippen LogP contribution in [0, 0.1) is 0 Å². The fourth-order valence-corrected chi connectivity index (χ4v) is 2.65. The zero-order valence-corrected chi connectivity index (χ0v) is 11.9. The second-order valence-electron chi connectivity index (χ2n) is 4.25. The molecule has 0 saturated heterocycles. The Kier molecular flexibility index (Phi) is 3.73. The van der Waals surface area contributed by atoms with Gasteiger partial charge in [0, 0.05) is 22.3 Å². The molecule has 0 atom stereocenters. The normalized spacial score (nSPS) is 10.7. The third-order valence-corrected chi connectivity index (χ3v) is 3.98. The minimum Gasteiger partial charge on any atom is -0.423 e. The smallest absolute Gasteiger partial charge is 0.247 e. The van der Waals surface area contributed by atoms with Crippen LogP contribution >= 0.6 is 11.3 Å². The monoisotopic (exact) mass is 286 g/mol. The van der Waals surface area contributed by atoms with E-state index in [4.69, 9.17) is 4.42 Å². The summed E-state index contributed by atoms with van der Waals surface area (Å²) in [5, 5.41) is 12.1. The van der Waals surface area contributed by atoms with Gasteiger partial charge in [0.05, 0.1) is 11.6 Å². The number of aryl methyl sites for hydroxylation is 1. The number of hydrogen-bond donors (Lipinski definition) is 1. The highest BCUT2D eigenvalue weighted by molar-refractivity contribution is 7.11. The molecule has 0 aliphatic carbocycles. The van der Waals surface area contributed by atoms with Crippen LogP contribution in [0.15, 0.2) is 41.3 Å². The second kappa shape index (κ2) is 5.83. The number of thiazole rings is 1. The standard InChI is InChI=1S/C14H14N4OS/c1-2-13-16-8-12(20-13)7-15-11-5-3-4-10(6-11)14-18-17-9-19-14/h3-6,8-9,15H,2,7H2,1H3. The maximum Gasteiger partial charge on any atom is 0.247 e. The fraction of sp³-hybridized carbons (Fsp3) is 0.214. The van der Waals surface area contributed by atoms with E-state index in [9.17, 15) is 0 Å². The van der Waals surface area contributed by atoms with Crippen molar-refractivity contribution in [2.24, 2.45) is 0 Å². The molecule has 6 heteroatoms. The SMILES string of the molecule is CCc1ncc(CNc2cccc(-c3nnco3)c2)s1. The molecule has 0 fully saturated rings. The van der Waals surface area contributed by atoms with Gasteiger partial charge in [-0.15, -0.1) is 21.5 Å². The predicted octanol–water partition coefficient (Wildman–Crippen LogP) is 3.37. The molecule has 1 N–H and O–H groups in total. The summed E-state index contributed by atoms with van der Waals surface area (Å²) in [5.41, 5.74) is 1.93. The molecule has 0 amide bonds. The van der Waals surface area contributed by atoms with Crippen molar-refractivity contribution in [3.05, 3.63) is 46.7 Å². The van der Waals surface area contributed by atoms with Crippen LogP contribution in [0.25, 0.3) is 11.5 Å². The van der Waals surface area contributed by atoms with Gasteiger partial charge in [0.25, 0.3) is 0 Å². The highest BCUT2D eigenvalue weighted by Gasteiger charge is 2.05. The maximum absolute atomic E-state index is 5.20. The van der Waals surface area contributed by atoms with Gasteiger partial charge in [-0.05, 0) is 24.6 Å². The Hall–Kier alpha value is -2.21. The van der Waals surface area contributed by atoms with E-state index in [-0.39, 0.29) is 0 Å². The first kappa shape index (κ1) is 12.8. The first-order chi connectivity index (χ1) is 9.85. The summed E-state index contributed by atoms with van der Waals surface area (Å²) in [5.74, 6) is 0.528. The molecule has 0 aliphatic heterocycles. The topological polar surface area (TPSA) is 63.8 Å². The van der Waals surface area contributed by atoms with Crippen LogP contribution in [-0.2, 0) is 13.0 Å². The lowest BCUT2D eigenvalue weighted by Gasteiger charge is -2.05. The van der Waals surface area contributed by atoms with Crippen molar-refractivity contribution in [1.29, 1.82) is 0 Å². The lowest BCUT2D eigenvalue weighted by molar-refractivity contribution is 0.568. The summed E-state index contributed by atoms with van der Waals surface area (Å²) in [7, 11) is 0. The average Bonchev–Trinajstić information content (AvgIpc) is 3.17. The lowest BCUT2D eigenvalue weighted by atomic mass is 10.2. The van der Waals surface area contributed by atoms with Crippen molar-refractivity contribution >= 4 is 17.0 Å². The summed E-state index contributed by atoms with van der Waals surface area (Å²) in [4.78, 5) is 5.58. The van der Waals surface area contributed by atoms with Gasteiger partial charge in [0.1, 0.15) is 0 Å². The van der Waals surface area contributed by atoms with E-state index in [0.717, 1.165) is 24.2 Å². The van der Waals surface area contributed by atoms with Crippen LogP contribution in [0.2, 0.25) is 0 Å². The van der Waals surface area contributed by atoms with Crippen LogP contribution < -0.4 is 5.32 Å². The van der Waals surface area contributed by atoms with E-state index in [0.29, 0.717) is 5.89 Å². The molecule has 0 saturated carbocycles. The van der Waals surface area contributed by atoms with Crippen LogP contribution in [-0.4, -0.2) is 15.2 Å². The number of anilines is 1. The minimum absolute atomic E-state index is 0.528. The van der Waals surface area contributed by atoms with Gasteiger partial charge in [-0.3, -0.25) is 0 Å². The van der Waals surface area contributed by atoms with Crippen molar-refractivity contribution < 1.29 is 4.42 Å². The van der Waals surface area contributed by atoms with Gasteiger partial charge in [-0.2, -0.15) is 0 Å². The third-order valence-electron chi connectivity index (χ3n) is 2.84. The van der Waals surface area contributed by atoms with E-state index >= 15 is 0 Å². The molecule has 0 aliphatic rings. The number of rotatable bonds is 5. The van der Waals surface area contributed by atoms with Crippen molar-refractivity contribution in [3.8, 4) is 11.5 Å². The second-order valence-corrected chi connectivity index (χ2v) is 5.45. The van der Waals surface area contributed by atoms with E-state index in [2.05, 4.69) is 27.4 Å². The van der Waals surface area contributed by atoms with Crippen LogP contribution in [0.1, 0.15) is 16.8 Å². The Morgan fingerprint density at radius 2 is 2.30 bits per heavy atom. The molecule has 5 nitrogen and oxygen atoms in total. The van der Waals surface area contributed by atoms with Crippen molar-refractivity contribution in [1.82, 2.24) is 15.2 Å². The van der Waals surface area contributed by atoms with Crippen LogP contribution in [0.5, 0.6) is 0 Å². The fourth-order valence-electron chi connectivity index (χ4n) is 1.84. The van der Waals surface area contributed by atoms with Crippen molar-refractivity contribution in [2.75, 3.05) is 5.32 Å². The minimum atomic E-state index is 0.528. The molecule has 102 valence electrons. The number of hydrogen-bond acceptors (Lipinski definition) is 6. The third kappa shape index (κ3) is 2.85. The molecule has 0 radical (unpaired) electrons. The lowest BCUT2D eigenvalue weighted by Crippen LogP contribution is -1.97. The first-order valence-corrected chi connectivity index (χ1v) is 7.21. The van der Waals surface area contributed by atoms with Gasteiger partial charge in [-0.1, -0.05) is 13.0 Å². The average molecular weight is 286 g/mol. The highest BCUT2D eigenvalue weighted by atomic mass is 32.1. The van der Waals surface area contributed by atoms with E-state index in [1.54, 1.807) is 11.3 Å². The molecule has 2 aromatic heterocycles. The summed E-state index contributed by atoms with van der Waals surface area (Å²) in [6, 6.07) is 7.92. The molecule has 0 bridgehead atoms. The van der Waals surface area contributed by atoms with Crippen molar-refractivity contribution in [3.63, 3.8) is 0 Å². The summed E-state index contributed by atoms with van der Waals surface area (Å²) in [6.07, 6.45) is 4.24. The summed E-state index contributed by atoms with van der Waals surface area (Å²) < 4.78 is 5.20. The Labute approximate surface area is 120 Å². The largest absolute Gasteiger partial charge is 0.423 e. The number of nitrogens with zero attached hydrogens (tertiary/aromatic N) is 3. The number of aromatic nitrogens is 3. The number of nitrogens with one attached hydrogen (secondary N) is 1. The van der Waals surface area contributed by atoms with E-state index in [1.165, 1.54) is 16.3 Å². The Morgan fingerprint density at radius 3 is 3.05 bits per heavy atom. The number of benzene rings is 1. The molecule has 2 heterocycles. The first-order valence-electron chi connectivity index (χ1n) is 6.39. The van der Waals surface area contributed by atoms with Gasteiger partial charge in [0.2, 0.25) is 12.3 Å². The molecule has 0 spiro atoms. The molecule has 1 aromatic carbocycles. The molecule has 0 unspecified atom stereocenters. The van der Waals surface area contributed by atoms with Gasteiger partial charge >= 0.3 is 0 Å². The van der Waals surface area contributed by atoms with Crippen molar-refractivity contribution in [2.45, 2.75) is 19.9 Å². The van der Waals surface area contributed by atoms with Crippen LogP contribution in [0.4, 0.5) is 5.69 Å². The summed E-state index contributed by atoms with van der Waals surface area (Å²) in [6.45, 7) is 2.88. The quantitative estimate of drug-likeness (QED) is 0.779. The predicted molar refractivity (Wildman–Crippen MR) is 78.6 cm³/mol. The Morgan fingerprint density at radius 1 is 1.35 bits per heavy atom. The maximum atomic E-state index is 5.20. The zero-order chi connectivity index (χ0) is 13.8.